The van der Waals surface area contributed by atoms with Crippen molar-refractivity contribution in [2.24, 2.45) is 0 Å². The topological polar surface area (TPSA) is 71.4 Å². The minimum Gasteiger partial charge on any atom is -0.478 e. The summed E-state index contributed by atoms with van der Waals surface area (Å²) in [6, 6.07) is 3.60. The predicted molar refractivity (Wildman–Crippen MR) is 86.7 cm³/mol. The molecule has 0 aromatic heterocycles. The highest BCUT2D eigenvalue weighted by Crippen LogP contribution is 2.45. The molecule has 3 rings (SSSR count). The van der Waals surface area contributed by atoms with E-state index in [-0.39, 0.29) is 47.9 Å². The average molecular weight is 390 g/mol. The van der Waals surface area contributed by atoms with Crippen molar-refractivity contribution < 1.29 is 19.5 Å². The summed E-state index contributed by atoms with van der Waals surface area (Å²) in [5.41, 5.74) is -0.476. The molecule has 0 aliphatic heterocycles. The Bertz CT molecular complexity index is 934. The largest absolute Gasteiger partial charge is 0.478 e. The number of aromatic carboxylic acids is 1. The Balaban J connectivity index is 2.38. The number of fused-ring (bicyclic) bond motifs is 2. The Morgan fingerprint density at radius 1 is 0.783 bits per heavy atom. The molecule has 23 heavy (non-hydrogen) atoms. The Morgan fingerprint density at radius 2 is 1.26 bits per heavy atom. The van der Waals surface area contributed by atoms with Gasteiger partial charge in [-0.1, -0.05) is 46.4 Å². The fourth-order valence-electron chi connectivity index (χ4n) is 2.39. The lowest BCUT2D eigenvalue weighted by Crippen LogP contribution is -2.23. The summed E-state index contributed by atoms with van der Waals surface area (Å²) in [6.45, 7) is 0. The molecule has 0 unspecified atom stereocenters. The van der Waals surface area contributed by atoms with Gasteiger partial charge >= 0.3 is 5.97 Å². The molecule has 2 aromatic carbocycles. The van der Waals surface area contributed by atoms with Crippen molar-refractivity contribution in [3.8, 4) is 0 Å². The second-order valence-corrected chi connectivity index (χ2v) is 6.24. The van der Waals surface area contributed by atoms with Crippen molar-refractivity contribution in [1.82, 2.24) is 0 Å². The molecular weight excluding hydrogens is 386 g/mol. The molecule has 116 valence electrons. The molecule has 4 nitrogen and oxygen atoms in total. The molecule has 0 atom stereocenters. The van der Waals surface area contributed by atoms with Crippen LogP contribution in [0.5, 0.6) is 0 Å². The first-order chi connectivity index (χ1) is 10.8. The lowest BCUT2D eigenvalue weighted by molar-refractivity contribution is 0.0696. The van der Waals surface area contributed by atoms with Crippen LogP contribution >= 0.6 is 46.4 Å². The van der Waals surface area contributed by atoms with Crippen molar-refractivity contribution in [3.63, 3.8) is 0 Å². The quantitative estimate of drug-likeness (QED) is 0.480. The first-order valence-corrected chi connectivity index (χ1v) is 7.59. The number of hydrogen-bond donors (Lipinski definition) is 1. The number of carbonyl (C=O) groups excluding carboxylic acids is 2. The van der Waals surface area contributed by atoms with Gasteiger partial charge in [0.2, 0.25) is 0 Å². The van der Waals surface area contributed by atoms with Crippen LogP contribution in [0.15, 0.2) is 18.2 Å². The molecule has 1 aliphatic carbocycles. The normalized spacial score (nSPS) is 12.9. The van der Waals surface area contributed by atoms with Crippen molar-refractivity contribution >= 4 is 63.9 Å². The third-order valence-corrected chi connectivity index (χ3v) is 5.28. The van der Waals surface area contributed by atoms with Gasteiger partial charge in [0, 0.05) is 11.1 Å². The van der Waals surface area contributed by atoms with Crippen LogP contribution in [0.1, 0.15) is 42.2 Å². The van der Waals surface area contributed by atoms with Crippen LogP contribution in [-0.4, -0.2) is 22.6 Å². The molecule has 1 aliphatic rings. The van der Waals surface area contributed by atoms with Gasteiger partial charge in [0.25, 0.3) is 0 Å². The lowest BCUT2D eigenvalue weighted by atomic mass is 9.83. The van der Waals surface area contributed by atoms with E-state index in [0.717, 1.165) is 6.07 Å². The third-order valence-electron chi connectivity index (χ3n) is 3.48. The maximum atomic E-state index is 12.7. The van der Waals surface area contributed by atoms with Gasteiger partial charge < -0.3 is 5.11 Å². The SMILES string of the molecule is O=C(O)c1ccc2c(c1)C(=O)c1c(Cl)c(Cl)c(Cl)c(Cl)c1C2=O. The minimum atomic E-state index is -1.22. The van der Waals surface area contributed by atoms with Gasteiger partial charge in [0.05, 0.1) is 36.8 Å². The van der Waals surface area contributed by atoms with E-state index in [9.17, 15) is 14.4 Å². The zero-order chi connectivity index (χ0) is 17.0. The molecule has 0 amide bonds. The number of carboxylic acids is 1. The molecule has 0 spiro atoms. The standard InChI is InChI=1S/C15H4Cl4O4/c16-9-7-8(10(17)12(19)11(9)18)14(21)6-3-4(15(22)23)1-2-5(6)13(7)20/h1-3H,(H,22,23). The summed E-state index contributed by atoms with van der Waals surface area (Å²) in [5.74, 6) is -2.43. The molecule has 0 radical (unpaired) electrons. The zero-order valence-electron chi connectivity index (χ0n) is 10.9. The summed E-state index contributed by atoms with van der Waals surface area (Å²) in [6.07, 6.45) is 0. The fourth-order valence-corrected chi connectivity index (χ4v) is 3.41. The Hall–Kier alpha value is -1.59. The number of benzene rings is 2. The second kappa shape index (κ2) is 5.49. The summed E-state index contributed by atoms with van der Waals surface area (Å²) >= 11 is 24.0. The maximum Gasteiger partial charge on any atom is 0.335 e. The smallest absolute Gasteiger partial charge is 0.335 e. The van der Waals surface area contributed by atoms with E-state index < -0.39 is 17.5 Å². The maximum absolute atomic E-state index is 12.7. The number of halogens is 4. The number of carbonyl (C=O) groups is 3. The highest BCUT2D eigenvalue weighted by molar-refractivity contribution is 6.55. The summed E-state index contributed by atoms with van der Waals surface area (Å²) < 4.78 is 0. The molecule has 8 heteroatoms. The van der Waals surface area contributed by atoms with Gasteiger partial charge in [0.1, 0.15) is 0 Å². The molecule has 0 saturated heterocycles. The molecule has 1 N–H and O–H groups in total. The van der Waals surface area contributed by atoms with Crippen LogP contribution in [0, 0.1) is 0 Å². The predicted octanol–water partition coefficient (Wildman–Crippen LogP) is 4.77. The monoisotopic (exact) mass is 388 g/mol. The summed E-state index contributed by atoms with van der Waals surface area (Å²) in [4.78, 5) is 36.4. The molecule has 2 aromatic rings. The van der Waals surface area contributed by atoms with E-state index >= 15 is 0 Å². The summed E-state index contributed by atoms with van der Waals surface area (Å²) in [5, 5.41) is 8.41. The van der Waals surface area contributed by atoms with E-state index in [1.165, 1.54) is 12.1 Å². The van der Waals surface area contributed by atoms with E-state index in [1.807, 2.05) is 0 Å². The van der Waals surface area contributed by atoms with Gasteiger partial charge in [-0.15, -0.1) is 0 Å². The Kier molecular flexibility index (Phi) is 3.89. The van der Waals surface area contributed by atoms with E-state index in [0.29, 0.717) is 0 Å². The van der Waals surface area contributed by atoms with Crippen molar-refractivity contribution in [2.45, 2.75) is 0 Å². The second-order valence-electron chi connectivity index (χ2n) is 4.73. The van der Waals surface area contributed by atoms with Gasteiger partial charge in [0.15, 0.2) is 11.6 Å². The van der Waals surface area contributed by atoms with Crippen LogP contribution in [0.3, 0.4) is 0 Å². The summed E-state index contributed by atoms with van der Waals surface area (Å²) in [7, 11) is 0. The first kappa shape index (κ1) is 16.3. The van der Waals surface area contributed by atoms with Crippen molar-refractivity contribution in [1.29, 1.82) is 0 Å². The van der Waals surface area contributed by atoms with E-state index in [1.54, 1.807) is 0 Å². The van der Waals surface area contributed by atoms with Gasteiger partial charge in [-0.05, 0) is 18.2 Å². The van der Waals surface area contributed by atoms with Crippen molar-refractivity contribution in [2.75, 3.05) is 0 Å². The fraction of sp³-hybridized carbons (Fsp3) is 0. The molecular formula is C15H4Cl4O4. The highest BCUT2D eigenvalue weighted by Gasteiger charge is 2.36. The molecule has 0 fully saturated rings. The number of ketones is 2. The van der Waals surface area contributed by atoms with Crippen LogP contribution in [0.2, 0.25) is 20.1 Å². The van der Waals surface area contributed by atoms with Crippen LogP contribution < -0.4 is 0 Å². The average Bonchev–Trinajstić information content (AvgIpc) is 2.53. The highest BCUT2D eigenvalue weighted by atomic mass is 35.5. The van der Waals surface area contributed by atoms with E-state index in [2.05, 4.69) is 0 Å². The molecule has 0 bridgehead atoms. The number of rotatable bonds is 1. The third kappa shape index (κ3) is 2.25. The molecule has 0 heterocycles. The first-order valence-electron chi connectivity index (χ1n) is 6.08. The van der Waals surface area contributed by atoms with Crippen LogP contribution in [-0.2, 0) is 0 Å². The van der Waals surface area contributed by atoms with Gasteiger partial charge in [-0.25, -0.2) is 4.79 Å². The Morgan fingerprint density at radius 3 is 1.74 bits per heavy atom. The van der Waals surface area contributed by atoms with Crippen molar-refractivity contribution in [3.05, 3.63) is 66.1 Å². The van der Waals surface area contributed by atoms with E-state index in [4.69, 9.17) is 51.5 Å². The zero-order valence-corrected chi connectivity index (χ0v) is 13.9. The lowest BCUT2D eigenvalue weighted by Gasteiger charge is -2.21. The number of carboxylic acid groups (broad SMARTS) is 1. The Labute approximate surface area is 149 Å². The number of hydrogen-bond acceptors (Lipinski definition) is 3. The van der Waals surface area contributed by atoms with Gasteiger partial charge in [-0.3, -0.25) is 9.59 Å². The molecule has 0 saturated carbocycles. The van der Waals surface area contributed by atoms with Crippen LogP contribution in [0.25, 0.3) is 0 Å². The minimum absolute atomic E-state index is 0.0313. The van der Waals surface area contributed by atoms with Crippen LogP contribution in [0.4, 0.5) is 0 Å². The van der Waals surface area contributed by atoms with Gasteiger partial charge in [-0.2, -0.15) is 0 Å².